The molecule has 0 aromatic carbocycles. The summed E-state index contributed by atoms with van der Waals surface area (Å²) in [7, 11) is 0. The van der Waals surface area contributed by atoms with Crippen LogP contribution in [0.2, 0.25) is 0 Å². The molecule has 1 N–H and O–H groups in total. The number of carbonyl (C=O) groups excluding carboxylic acids is 1. The summed E-state index contributed by atoms with van der Waals surface area (Å²) in [5, 5.41) is 3.04. The predicted molar refractivity (Wildman–Crippen MR) is 65.6 cm³/mol. The Labute approximate surface area is 103 Å². The SMILES string of the molecule is CC(Cl)CCNC(=O)C1C(C)OC(C)C1C. The molecular formula is C12H22ClNO2. The first-order valence-corrected chi connectivity index (χ1v) is 6.44. The number of alkyl halides is 1. The second-order valence-corrected chi connectivity index (χ2v) is 5.54. The standard InChI is InChI=1S/C12H22ClNO2/c1-7(13)5-6-14-12(15)11-8(2)9(3)16-10(11)4/h7-11H,5-6H2,1-4H3,(H,14,15). The van der Waals surface area contributed by atoms with Crippen LogP contribution in [0.25, 0.3) is 0 Å². The minimum atomic E-state index is -0.0272. The Balaban J connectivity index is 2.41. The van der Waals surface area contributed by atoms with Crippen molar-refractivity contribution in [2.75, 3.05) is 6.54 Å². The summed E-state index contributed by atoms with van der Waals surface area (Å²) in [5.74, 6) is 0.353. The predicted octanol–water partition coefficient (Wildman–Crippen LogP) is 2.18. The molecule has 0 radical (unpaired) electrons. The van der Waals surface area contributed by atoms with Crippen LogP contribution in [0.4, 0.5) is 0 Å². The second-order valence-electron chi connectivity index (χ2n) is 4.79. The first-order valence-electron chi connectivity index (χ1n) is 6.00. The van der Waals surface area contributed by atoms with Crippen LogP contribution < -0.4 is 5.32 Å². The quantitative estimate of drug-likeness (QED) is 0.774. The first kappa shape index (κ1) is 13.8. The summed E-state index contributed by atoms with van der Waals surface area (Å²) in [5.41, 5.74) is 0. The van der Waals surface area contributed by atoms with Gasteiger partial charge in [-0.2, -0.15) is 0 Å². The van der Waals surface area contributed by atoms with Gasteiger partial charge in [0.25, 0.3) is 0 Å². The van der Waals surface area contributed by atoms with Gasteiger partial charge in [0.15, 0.2) is 0 Å². The van der Waals surface area contributed by atoms with E-state index in [0.29, 0.717) is 6.54 Å². The molecule has 1 fully saturated rings. The van der Waals surface area contributed by atoms with E-state index in [1.165, 1.54) is 0 Å². The number of rotatable bonds is 4. The van der Waals surface area contributed by atoms with Gasteiger partial charge in [-0.3, -0.25) is 4.79 Å². The molecule has 1 saturated heterocycles. The Hall–Kier alpha value is -0.280. The molecule has 0 bridgehead atoms. The van der Waals surface area contributed by atoms with Crippen molar-refractivity contribution < 1.29 is 9.53 Å². The van der Waals surface area contributed by atoms with Crippen molar-refractivity contribution in [3.63, 3.8) is 0 Å². The summed E-state index contributed by atoms with van der Waals surface area (Å²) in [4.78, 5) is 12.0. The van der Waals surface area contributed by atoms with Crippen LogP contribution >= 0.6 is 11.6 Å². The number of hydrogen-bond acceptors (Lipinski definition) is 2. The van der Waals surface area contributed by atoms with E-state index in [-0.39, 0.29) is 35.3 Å². The van der Waals surface area contributed by atoms with E-state index in [2.05, 4.69) is 12.2 Å². The summed E-state index contributed by atoms with van der Waals surface area (Å²) < 4.78 is 5.65. The topological polar surface area (TPSA) is 38.3 Å². The Morgan fingerprint density at radius 3 is 2.44 bits per heavy atom. The Morgan fingerprint density at radius 2 is 2.00 bits per heavy atom. The number of hydrogen-bond donors (Lipinski definition) is 1. The van der Waals surface area contributed by atoms with Crippen LogP contribution in [-0.2, 0) is 9.53 Å². The molecule has 1 aliphatic heterocycles. The fraction of sp³-hybridized carbons (Fsp3) is 0.917. The van der Waals surface area contributed by atoms with E-state index < -0.39 is 0 Å². The van der Waals surface area contributed by atoms with E-state index in [9.17, 15) is 4.79 Å². The zero-order valence-electron chi connectivity index (χ0n) is 10.5. The fourth-order valence-electron chi connectivity index (χ4n) is 2.23. The van der Waals surface area contributed by atoms with Gasteiger partial charge in [0.2, 0.25) is 5.91 Å². The molecule has 5 atom stereocenters. The maximum Gasteiger partial charge on any atom is 0.226 e. The molecule has 94 valence electrons. The molecule has 0 spiro atoms. The van der Waals surface area contributed by atoms with Crippen molar-refractivity contribution in [1.82, 2.24) is 5.32 Å². The van der Waals surface area contributed by atoms with Crippen LogP contribution in [0, 0.1) is 11.8 Å². The van der Waals surface area contributed by atoms with Crippen LogP contribution in [-0.4, -0.2) is 30.0 Å². The summed E-state index contributed by atoms with van der Waals surface area (Å²) >= 11 is 5.83. The van der Waals surface area contributed by atoms with Gasteiger partial charge >= 0.3 is 0 Å². The number of nitrogens with one attached hydrogen (secondary N) is 1. The van der Waals surface area contributed by atoms with Gasteiger partial charge in [0, 0.05) is 11.9 Å². The van der Waals surface area contributed by atoms with Gasteiger partial charge in [-0.05, 0) is 33.1 Å². The highest BCUT2D eigenvalue weighted by atomic mass is 35.5. The molecule has 0 aromatic rings. The highest BCUT2D eigenvalue weighted by Gasteiger charge is 2.41. The van der Waals surface area contributed by atoms with Gasteiger partial charge in [-0.15, -0.1) is 11.6 Å². The molecule has 0 aromatic heterocycles. The number of ether oxygens (including phenoxy) is 1. The lowest BCUT2D eigenvalue weighted by Gasteiger charge is -2.18. The van der Waals surface area contributed by atoms with Crippen molar-refractivity contribution in [3.8, 4) is 0 Å². The van der Waals surface area contributed by atoms with Crippen LogP contribution in [0.3, 0.4) is 0 Å². The van der Waals surface area contributed by atoms with E-state index in [4.69, 9.17) is 16.3 Å². The number of carbonyl (C=O) groups is 1. The smallest absolute Gasteiger partial charge is 0.226 e. The molecule has 1 heterocycles. The summed E-state index contributed by atoms with van der Waals surface area (Å²) in [6.45, 7) is 8.64. The van der Waals surface area contributed by atoms with Crippen LogP contribution in [0.5, 0.6) is 0 Å². The fourth-order valence-corrected chi connectivity index (χ4v) is 2.34. The van der Waals surface area contributed by atoms with Crippen molar-refractivity contribution in [2.45, 2.75) is 51.7 Å². The molecule has 1 amide bonds. The number of amides is 1. The highest BCUT2D eigenvalue weighted by molar-refractivity contribution is 6.20. The number of halogens is 1. The lowest BCUT2D eigenvalue weighted by Crippen LogP contribution is -2.38. The molecule has 3 nitrogen and oxygen atoms in total. The zero-order chi connectivity index (χ0) is 12.3. The highest BCUT2D eigenvalue weighted by Crippen LogP contribution is 2.32. The molecule has 0 aliphatic carbocycles. The minimum Gasteiger partial charge on any atom is -0.374 e. The molecule has 1 aliphatic rings. The van der Waals surface area contributed by atoms with Gasteiger partial charge in [0.1, 0.15) is 0 Å². The Bertz CT molecular complexity index is 245. The van der Waals surface area contributed by atoms with Crippen molar-refractivity contribution in [3.05, 3.63) is 0 Å². The van der Waals surface area contributed by atoms with Gasteiger partial charge < -0.3 is 10.1 Å². The average Bonchev–Trinajstić information content (AvgIpc) is 2.40. The van der Waals surface area contributed by atoms with Gasteiger partial charge in [-0.25, -0.2) is 0 Å². The maximum atomic E-state index is 12.0. The van der Waals surface area contributed by atoms with Crippen LogP contribution in [0.15, 0.2) is 0 Å². The lowest BCUT2D eigenvalue weighted by molar-refractivity contribution is -0.127. The Kier molecular flexibility index (Phi) is 5.06. The molecule has 1 rings (SSSR count). The summed E-state index contributed by atoms with van der Waals surface area (Å²) in [6, 6.07) is 0. The van der Waals surface area contributed by atoms with Crippen LogP contribution in [0.1, 0.15) is 34.1 Å². The summed E-state index contributed by atoms with van der Waals surface area (Å²) in [6.07, 6.45) is 0.982. The lowest BCUT2D eigenvalue weighted by atomic mass is 9.89. The minimum absolute atomic E-state index is 0.0124. The molecule has 5 unspecified atom stereocenters. The van der Waals surface area contributed by atoms with E-state index in [1.54, 1.807) is 0 Å². The normalized spacial score (nSPS) is 36.1. The largest absolute Gasteiger partial charge is 0.374 e. The van der Waals surface area contributed by atoms with Crippen molar-refractivity contribution in [2.24, 2.45) is 11.8 Å². The maximum absolute atomic E-state index is 12.0. The van der Waals surface area contributed by atoms with E-state index in [0.717, 1.165) is 6.42 Å². The molecule has 0 saturated carbocycles. The van der Waals surface area contributed by atoms with E-state index in [1.807, 2.05) is 20.8 Å². The molecule has 16 heavy (non-hydrogen) atoms. The Morgan fingerprint density at radius 1 is 1.38 bits per heavy atom. The average molecular weight is 248 g/mol. The molecular weight excluding hydrogens is 226 g/mol. The monoisotopic (exact) mass is 247 g/mol. The third kappa shape index (κ3) is 3.36. The third-order valence-electron chi connectivity index (χ3n) is 3.39. The third-order valence-corrected chi connectivity index (χ3v) is 3.60. The van der Waals surface area contributed by atoms with Gasteiger partial charge in [0.05, 0.1) is 18.1 Å². The second kappa shape index (κ2) is 5.87. The zero-order valence-corrected chi connectivity index (χ0v) is 11.3. The van der Waals surface area contributed by atoms with Crippen molar-refractivity contribution >= 4 is 17.5 Å². The van der Waals surface area contributed by atoms with Gasteiger partial charge in [-0.1, -0.05) is 6.92 Å². The van der Waals surface area contributed by atoms with E-state index >= 15 is 0 Å². The first-order chi connectivity index (χ1) is 7.43. The molecule has 4 heteroatoms. The van der Waals surface area contributed by atoms with Crippen molar-refractivity contribution in [1.29, 1.82) is 0 Å².